The van der Waals surface area contributed by atoms with Gasteiger partial charge in [0.2, 0.25) is 5.89 Å². The first-order valence-electron chi connectivity index (χ1n) is 6.15. The summed E-state index contributed by atoms with van der Waals surface area (Å²) in [5, 5.41) is 11.2. The van der Waals surface area contributed by atoms with Crippen molar-refractivity contribution in [2.75, 3.05) is 38.8 Å². The smallest absolute Gasteiger partial charge is 0.317 e. The largest absolute Gasteiger partial charge is 0.407 e. The minimum absolute atomic E-state index is 0.195. The van der Waals surface area contributed by atoms with E-state index in [1.54, 1.807) is 7.11 Å². The van der Waals surface area contributed by atoms with Crippen molar-refractivity contribution in [2.45, 2.75) is 27.3 Å². The van der Waals surface area contributed by atoms with Gasteiger partial charge in [-0.25, -0.2) is 0 Å². The second kappa shape index (κ2) is 6.70. The Hall–Kier alpha value is -1.14. The molecule has 0 fully saturated rings. The van der Waals surface area contributed by atoms with Gasteiger partial charge in [-0.2, -0.15) is 0 Å². The first-order chi connectivity index (χ1) is 8.42. The van der Waals surface area contributed by atoms with Crippen LogP contribution in [-0.4, -0.2) is 44.1 Å². The molecule has 0 bridgehead atoms. The number of nitrogens with one attached hydrogen (secondary N) is 1. The number of hydrogen-bond donors (Lipinski definition) is 1. The van der Waals surface area contributed by atoms with Crippen LogP contribution < -0.4 is 10.2 Å². The zero-order valence-electron chi connectivity index (χ0n) is 12.0. The van der Waals surface area contributed by atoms with Crippen LogP contribution in [0.15, 0.2) is 4.42 Å². The quantitative estimate of drug-likeness (QED) is 0.742. The lowest BCUT2D eigenvalue weighted by molar-refractivity contribution is 0.198. The molecule has 0 aliphatic rings. The summed E-state index contributed by atoms with van der Waals surface area (Å²) in [5.41, 5.74) is 0.195. The SMILES string of the molecule is COCCNCc1nnc(N(C)CC(C)(C)C)o1. The molecule has 1 N–H and O–H groups in total. The lowest BCUT2D eigenvalue weighted by atomic mass is 9.96. The van der Waals surface area contributed by atoms with Gasteiger partial charge in [-0.15, -0.1) is 5.10 Å². The van der Waals surface area contributed by atoms with Crippen LogP contribution in [-0.2, 0) is 11.3 Å². The van der Waals surface area contributed by atoms with Crippen molar-refractivity contribution in [1.82, 2.24) is 15.5 Å². The van der Waals surface area contributed by atoms with Crippen molar-refractivity contribution in [3.63, 3.8) is 0 Å². The van der Waals surface area contributed by atoms with Crippen LogP contribution in [0.4, 0.5) is 6.01 Å². The van der Waals surface area contributed by atoms with Gasteiger partial charge in [-0.3, -0.25) is 0 Å². The van der Waals surface area contributed by atoms with Crippen LogP contribution in [0.1, 0.15) is 26.7 Å². The molecule has 0 amide bonds. The van der Waals surface area contributed by atoms with Gasteiger partial charge in [-0.05, 0) is 5.41 Å². The van der Waals surface area contributed by atoms with Crippen LogP contribution in [0.2, 0.25) is 0 Å². The molecule has 0 radical (unpaired) electrons. The van der Waals surface area contributed by atoms with Crippen molar-refractivity contribution < 1.29 is 9.15 Å². The summed E-state index contributed by atoms with van der Waals surface area (Å²) in [5.74, 6) is 0.599. The Morgan fingerprint density at radius 3 is 2.67 bits per heavy atom. The third kappa shape index (κ3) is 5.46. The Balaban J connectivity index is 2.42. The molecule has 0 aliphatic heterocycles. The average molecular weight is 256 g/mol. The maximum atomic E-state index is 5.57. The molecule has 0 saturated heterocycles. The molecule has 0 aliphatic carbocycles. The van der Waals surface area contributed by atoms with Gasteiger partial charge in [0.1, 0.15) is 0 Å². The fourth-order valence-corrected chi connectivity index (χ4v) is 1.62. The lowest BCUT2D eigenvalue weighted by Gasteiger charge is -2.24. The summed E-state index contributed by atoms with van der Waals surface area (Å²) in [6.45, 7) is 9.40. The van der Waals surface area contributed by atoms with Gasteiger partial charge >= 0.3 is 6.01 Å². The van der Waals surface area contributed by atoms with Crippen molar-refractivity contribution in [3.8, 4) is 0 Å². The van der Waals surface area contributed by atoms with Crippen LogP contribution >= 0.6 is 0 Å². The monoisotopic (exact) mass is 256 g/mol. The molecule has 0 atom stereocenters. The van der Waals surface area contributed by atoms with Crippen molar-refractivity contribution >= 4 is 6.01 Å². The molecule has 6 nitrogen and oxygen atoms in total. The van der Waals surface area contributed by atoms with E-state index in [1.807, 2.05) is 11.9 Å². The molecule has 0 spiro atoms. The molecule has 1 rings (SSSR count). The first-order valence-corrected chi connectivity index (χ1v) is 6.15. The highest BCUT2D eigenvalue weighted by Crippen LogP contribution is 2.18. The highest BCUT2D eigenvalue weighted by Gasteiger charge is 2.17. The standard InChI is InChI=1S/C12H24N4O2/c1-12(2,3)9-16(4)11-15-14-10(18-11)8-13-6-7-17-5/h13H,6-9H2,1-5H3. The Kier molecular flexibility index (Phi) is 5.55. The number of rotatable bonds is 7. The third-order valence-electron chi connectivity index (χ3n) is 2.25. The molecule has 18 heavy (non-hydrogen) atoms. The van der Waals surface area contributed by atoms with Crippen LogP contribution in [0, 0.1) is 5.41 Å². The average Bonchev–Trinajstić information content (AvgIpc) is 2.71. The molecule has 1 aromatic heterocycles. The molecule has 0 saturated carbocycles. The maximum Gasteiger partial charge on any atom is 0.317 e. The summed E-state index contributed by atoms with van der Waals surface area (Å²) in [4.78, 5) is 1.98. The molecule has 104 valence electrons. The maximum absolute atomic E-state index is 5.57. The Morgan fingerprint density at radius 2 is 2.06 bits per heavy atom. The molecule has 0 unspecified atom stereocenters. The van der Waals surface area contributed by atoms with Crippen molar-refractivity contribution in [1.29, 1.82) is 0 Å². The first kappa shape index (κ1) is 14.9. The number of ether oxygens (including phenoxy) is 1. The zero-order chi connectivity index (χ0) is 13.6. The second-order valence-electron chi connectivity index (χ2n) is 5.56. The molecular weight excluding hydrogens is 232 g/mol. The Labute approximate surface area is 109 Å². The van der Waals surface area contributed by atoms with Crippen molar-refractivity contribution in [2.24, 2.45) is 5.41 Å². The molecule has 0 aromatic carbocycles. The van der Waals surface area contributed by atoms with Gasteiger partial charge < -0.3 is 19.4 Å². The number of aromatic nitrogens is 2. The summed E-state index contributed by atoms with van der Waals surface area (Å²) in [6, 6.07) is 0.563. The van der Waals surface area contributed by atoms with E-state index in [9.17, 15) is 0 Å². The summed E-state index contributed by atoms with van der Waals surface area (Å²) < 4.78 is 10.5. The van der Waals surface area contributed by atoms with Crippen molar-refractivity contribution in [3.05, 3.63) is 5.89 Å². The van der Waals surface area contributed by atoms with E-state index in [0.29, 0.717) is 25.1 Å². The van der Waals surface area contributed by atoms with Gasteiger partial charge in [0, 0.05) is 27.2 Å². The summed E-state index contributed by atoms with van der Waals surface area (Å²) >= 11 is 0. The number of methoxy groups -OCH3 is 1. The predicted octanol–water partition coefficient (Wildman–Crippen LogP) is 1.29. The number of nitrogens with zero attached hydrogens (tertiary/aromatic N) is 3. The molecule has 6 heteroatoms. The second-order valence-corrected chi connectivity index (χ2v) is 5.56. The Bertz CT molecular complexity index is 346. The van der Waals surface area contributed by atoms with E-state index < -0.39 is 0 Å². The fraction of sp³-hybridized carbons (Fsp3) is 0.833. The third-order valence-corrected chi connectivity index (χ3v) is 2.25. The highest BCUT2D eigenvalue weighted by molar-refractivity contribution is 5.22. The van der Waals surface area contributed by atoms with Gasteiger partial charge in [0.25, 0.3) is 0 Å². The van der Waals surface area contributed by atoms with E-state index in [-0.39, 0.29) is 5.41 Å². The zero-order valence-corrected chi connectivity index (χ0v) is 12.0. The molecular formula is C12H24N4O2. The minimum Gasteiger partial charge on any atom is -0.407 e. The Morgan fingerprint density at radius 1 is 1.33 bits per heavy atom. The number of hydrogen-bond acceptors (Lipinski definition) is 6. The normalized spacial score (nSPS) is 11.8. The van der Waals surface area contributed by atoms with E-state index in [4.69, 9.17) is 9.15 Å². The van der Waals surface area contributed by atoms with Crippen LogP contribution in [0.5, 0.6) is 0 Å². The van der Waals surface area contributed by atoms with Gasteiger partial charge in [0.05, 0.1) is 13.2 Å². The summed E-state index contributed by atoms with van der Waals surface area (Å²) in [6.07, 6.45) is 0. The predicted molar refractivity (Wildman–Crippen MR) is 70.6 cm³/mol. The van der Waals surface area contributed by atoms with E-state index in [2.05, 4.69) is 36.3 Å². The van der Waals surface area contributed by atoms with E-state index >= 15 is 0 Å². The van der Waals surface area contributed by atoms with Crippen LogP contribution in [0.25, 0.3) is 0 Å². The lowest BCUT2D eigenvalue weighted by Crippen LogP contribution is -2.29. The topological polar surface area (TPSA) is 63.4 Å². The summed E-state index contributed by atoms with van der Waals surface area (Å²) in [7, 11) is 3.63. The minimum atomic E-state index is 0.195. The molecule has 1 heterocycles. The van der Waals surface area contributed by atoms with Crippen LogP contribution in [0.3, 0.4) is 0 Å². The van der Waals surface area contributed by atoms with E-state index in [1.165, 1.54) is 0 Å². The number of anilines is 1. The molecule has 1 aromatic rings. The van der Waals surface area contributed by atoms with Gasteiger partial charge in [0.15, 0.2) is 0 Å². The highest BCUT2D eigenvalue weighted by atomic mass is 16.5. The van der Waals surface area contributed by atoms with E-state index in [0.717, 1.165) is 13.1 Å². The fourth-order valence-electron chi connectivity index (χ4n) is 1.62. The van der Waals surface area contributed by atoms with Gasteiger partial charge in [-0.1, -0.05) is 25.9 Å².